The first-order chi connectivity index (χ1) is 15.7. The monoisotopic (exact) mass is 436 g/mol. The number of urea groups is 1. The lowest BCUT2D eigenvalue weighted by molar-refractivity contribution is 0.188. The van der Waals surface area contributed by atoms with Crippen molar-refractivity contribution in [2.75, 3.05) is 52.9 Å². The zero-order valence-corrected chi connectivity index (χ0v) is 19.2. The highest BCUT2D eigenvalue weighted by atomic mass is 16.5. The van der Waals surface area contributed by atoms with E-state index >= 15 is 0 Å². The molecule has 0 bridgehead atoms. The molecule has 2 aliphatic heterocycles. The van der Waals surface area contributed by atoms with Crippen molar-refractivity contribution in [1.29, 1.82) is 0 Å². The second-order valence-corrected chi connectivity index (χ2v) is 8.82. The summed E-state index contributed by atoms with van der Waals surface area (Å²) in [5, 5.41) is 3.24. The first kappa shape index (κ1) is 22.6. The van der Waals surface area contributed by atoms with Gasteiger partial charge in [0.05, 0.1) is 13.2 Å². The van der Waals surface area contributed by atoms with E-state index in [9.17, 15) is 4.79 Å². The Morgan fingerprint density at radius 2 is 1.66 bits per heavy atom. The van der Waals surface area contributed by atoms with E-state index in [0.717, 1.165) is 58.0 Å². The highest BCUT2D eigenvalue weighted by Crippen LogP contribution is 2.26. The molecule has 6 nitrogen and oxygen atoms in total. The number of nitrogens with zero attached hydrogens (tertiary/aromatic N) is 3. The van der Waals surface area contributed by atoms with Gasteiger partial charge in [-0.15, -0.1) is 0 Å². The van der Waals surface area contributed by atoms with E-state index in [4.69, 9.17) is 4.74 Å². The molecule has 172 valence electrons. The summed E-state index contributed by atoms with van der Waals surface area (Å²) in [5.74, 6) is 0.864. The van der Waals surface area contributed by atoms with Crippen LogP contribution in [0.1, 0.15) is 36.4 Å². The Labute approximate surface area is 192 Å². The predicted molar refractivity (Wildman–Crippen MR) is 128 cm³/mol. The fourth-order valence-electron chi connectivity index (χ4n) is 4.81. The van der Waals surface area contributed by atoms with Gasteiger partial charge < -0.3 is 15.0 Å². The molecule has 2 amide bonds. The van der Waals surface area contributed by atoms with Gasteiger partial charge in [-0.2, -0.15) is 0 Å². The Bertz CT molecular complexity index is 837. The maximum Gasteiger partial charge on any atom is 0.317 e. The maximum atomic E-state index is 13.0. The molecule has 2 aromatic rings. The van der Waals surface area contributed by atoms with Crippen LogP contribution < -0.4 is 10.1 Å². The normalized spacial score (nSPS) is 18.8. The molecule has 32 heavy (non-hydrogen) atoms. The zero-order valence-electron chi connectivity index (χ0n) is 19.2. The maximum absolute atomic E-state index is 13.0. The number of likely N-dealkylation sites (tertiary alicyclic amines) is 1. The van der Waals surface area contributed by atoms with Gasteiger partial charge in [-0.05, 0) is 55.6 Å². The Morgan fingerprint density at radius 3 is 2.38 bits per heavy atom. The molecule has 4 rings (SSSR count). The molecule has 1 atom stereocenters. The molecule has 2 aromatic carbocycles. The SMILES string of the molecule is COc1ccc(C(CNC(=O)N2CCCN(Cc3ccccc3)CC2)N2CCCC2)cc1. The van der Waals surface area contributed by atoms with Crippen LogP contribution in [0.15, 0.2) is 54.6 Å². The van der Waals surface area contributed by atoms with Crippen molar-refractivity contribution in [1.82, 2.24) is 20.0 Å². The van der Waals surface area contributed by atoms with Gasteiger partial charge in [0.15, 0.2) is 0 Å². The average Bonchev–Trinajstić information content (AvgIpc) is 3.26. The van der Waals surface area contributed by atoms with Crippen LogP contribution in [0.2, 0.25) is 0 Å². The molecule has 0 aromatic heterocycles. The van der Waals surface area contributed by atoms with Gasteiger partial charge >= 0.3 is 6.03 Å². The van der Waals surface area contributed by atoms with Crippen molar-refractivity contribution < 1.29 is 9.53 Å². The lowest BCUT2D eigenvalue weighted by Gasteiger charge is -2.30. The second-order valence-electron chi connectivity index (χ2n) is 8.82. The summed E-state index contributed by atoms with van der Waals surface area (Å²) in [5.41, 5.74) is 2.57. The number of carbonyl (C=O) groups excluding carboxylic acids is 1. The Hall–Kier alpha value is -2.57. The number of amides is 2. The van der Waals surface area contributed by atoms with Crippen molar-refractivity contribution in [3.63, 3.8) is 0 Å². The molecular weight excluding hydrogens is 400 g/mol. The summed E-state index contributed by atoms with van der Waals surface area (Å²) in [7, 11) is 1.69. The molecular formula is C26H36N4O2. The number of rotatable bonds is 7. The molecule has 2 fully saturated rings. The Morgan fingerprint density at radius 1 is 0.906 bits per heavy atom. The largest absolute Gasteiger partial charge is 0.497 e. The standard InChI is InChI=1S/C26H36N4O2/c1-32-24-12-10-23(11-13-24)25(29-15-5-6-16-29)20-27-26(31)30-17-7-14-28(18-19-30)21-22-8-3-2-4-9-22/h2-4,8-13,25H,5-7,14-21H2,1H3,(H,27,31). The first-order valence-corrected chi connectivity index (χ1v) is 11.9. The summed E-state index contributed by atoms with van der Waals surface area (Å²) in [6.45, 7) is 7.29. The number of nitrogens with one attached hydrogen (secondary N) is 1. The van der Waals surface area contributed by atoms with Crippen LogP contribution in [0.3, 0.4) is 0 Å². The molecule has 2 saturated heterocycles. The third kappa shape index (κ3) is 6.02. The average molecular weight is 437 g/mol. The van der Waals surface area contributed by atoms with Gasteiger partial charge in [0, 0.05) is 39.3 Å². The van der Waals surface area contributed by atoms with E-state index in [-0.39, 0.29) is 12.1 Å². The molecule has 0 aliphatic carbocycles. The van der Waals surface area contributed by atoms with Crippen LogP contribution >= 0.6 is 0 Å². The van der Waals surface area contributed by atoms with Gasteiger partial charge in [-0.25, -0.2) is 4.79 Å². The molecule has 0 saturated carbocycles. The fourth-order valence-corrected chi connectivity index (χ4v) is 4.81. The minimum absolute atomic E-state index is 0.0595. The summed E-state index contributed by atoms with van der Waals surface area (Å²) < 4.78 is 5.32. The number of ether oxygens (including phenoxy) is 1. The summed E-state index contributed by atoms with van der Waals surface area (Å²) >= 11 is 0. The van der Waals surface area contributed by atoms with Gasteiger partial charge in [-0.1, -0.05) is 42.5 Å². The number of hydrogen-bond acceptors (Lipinski definition) is 4. The van der Waals surface area contributed by atoms with Crippen LogP contribution in [0, 0.1) is 0 Å². The van der Waals surface area contributed by atoms with E-state index < -0.39 is 0 Å². The lowest BCUT2D eigenvalue weighted by atomic mass is 10.1. The highest BCUT2D eigenvalue weighted by molar-refractivity contribution is 5.74. The number of hydrogen-bond donors (Lipinski definition) is 1. The molecule has 0 spiro atoms. The van der Waals surface area contributed by atoms with Crippen LogP contribution in [0.5, 0.6) is 5.75 Å². The molecule has 1 unspecified atom stereocenters. The molecule has 6 heteroatoms. The molecule has 0 radical (unpaired) electrons. The molecule has 2 heterocycles. The van der Waals surface area contributed by atoms with E-state index in [1.165, 1.54) is 24.0 Å². The quantitative estimate of drug-likeness (QED) is 0.718. The summed E-state index contributed by atoms with van der Waals surface area (Å²) in [4.78, 5) is 20.0. The number of benzene rings is 2. The van der Waals surface area contributed by atoms with Gasteiger partial charge in [0.2, 0.25) is 0 Å². The van der Waals surface area contributed by atoms with Gasteiger partial charge in [0.1, 0.15) is 5.75 Å². The predicted octanol–water partition coefficient (Wildman–Crippen LogP) is 3.75. The number of carbonyl (C=O) groups is 1. The van der Waals surface area contributed by atoms with E-state index in [0.29, 0.717) is 6.54 Å². The van der Waals surface area contributed by atoms with Crippen molar-refractivity contribution in [2.45, 2.75) is 31.8 Å². The van der Waals surface area contributed by atoms with Crippen LogP contribution in [-0.4, -0.2) is 73.7 Å². The molecule has 1 N–H and O–H groups in total. The fraction of sp³-hybridized carbons (Fsp3) is 0.500. The first-order valence-electron chi connectivity index (χ1n) is 11.9. The van der Waals surface area contributed by atoms with Crippen LogP contribution in [0.25, 0.3) is 0 Å². The lowest BCUT2D eigenvalue weighted by Crippen LogP contribution is -2.45. The number of methoxy groups -OCH3 is 1. The van der Waals surface area contributed by atoms with E-state index in [2.05, 4.69) is 57.6 Å². The minimum atomic E-state index is 0.0595. The third-order valence-electron chi connectivity index (χ3n) is 6.65. The summed E-state index contributed by atoms with van der Waals surface area (Å²) in [6.07, 6.45) is 3.46. The molecule has 2 aliphatic rings. The van der Waals surface area contributed by atoms with Gasteiger partial charge in [0.25, 0.3) is 0 Å². The topological polar surface area (TPSA) is 48.1 Å². The van der Waals surface area contributed by atoms with Gasteiger partial charge in [-0.3, -0.25) is 9.80 Å². The highest BCUT2D eigenvalue weighted by Gasteiger charge is 2.25. The Kier molecular flexibility index (Phi) is 8.02. The van der Waals surface area contributed by atoms with Crippen molar-refractivity contribution in [3.8, 4) is 5.75 Å². The van der Waals surface area contributed by atoms with E-state index in [1.54, 1.807) is 7.11 Å². The van der Waals surface area contributed by atoms with Crippen LogP contribution in [-0.2, 0) is 6.54 Å². The van der Waals surface area contributed by atoms with Crippen LogP contribution in [0.4, 0.5) is 4.79 Å². The van der Waals surface area contributed by atoms with Crippen molar-refractivity contribution in [2.24, 2.45) is 0 Å². The summed E-state index contributed by atoms with van der Waals surface area (Å²) in [6, 6.07) is 19.1. The zero-order chi connectivity index (χ0) is 22.2. The minimum Gasteiger partial charge on any atom is -0.497 e. The smallest absolute Gasteiger partial charge is 0.317 e. The van der Waals surface area contributed by atoms with E-state index in [1.807, 2.05) is 17.0 Å². The van der Waals surface area contributed by atoms with Crippen molar-refractivity contribution in [3.05, 3.63) is 65.7 Å². The second kappa shape index (κ2) is 11.3. The third-order valence-corrected chi connectivity index (χ3v) is 6.65. The Balaban J connectivity index is 1.32. The van der Waals surface area contributed by atoms with Crippen molar-refractivity contribution >= 4 is 6.03 Å².